The number of aromatic carboxylic acids is 1. The summed E-state index contributed by atoms with van der Waals surface area (Å²) < 4.78 is 40.4. The Hall–Kier alpha value is -2.42. The molecular formula is C18H21F3N4O2. The van der Waals surface area contributed by atoms with Crippen LogP contribution in [0.15, 0.2) is 24.7 Å². The molecule has 0 spiro atoms. The number of halogens is 3. The van der Waals surface area contributed by atoms with Crippen molar-refractivity contribution in [1.29, 1.82) is 0 Å². The number of piperidine rings is 1. The Morgan fingerprint density at radius 2 is 2.15 bits per heavy atom. The SMILES string of the molecule is CCc1c(C2CCCCN2CC(F)(F)F)ccnc1-n1cc(C(=O)O)cn1. The van der Waals surface area contributed by atoms with Gasteiger partial charge in [-0.05, 0) is 37.4 Å². The quantitative estimate of drug-likeness (QED) is 0.855. The summed E-state index contributed by atoms with van der Waals surface area (Å²) in [6.07, 6.45) is 2.69. The van der Waals surface area contributed by atoms with Crippen molar-refractivity contribution in [2.24, 2.45) is 0 Å². The van der Waals surface area contributed by atoms with Gasteiger partial charge in [-0.2, -0.15) is 18.3 Å². The first-order chi connectivity index (χ1) is 12.8. The van der Waals surface area contributed by atoms with E-state index in [4.69, 9.17) is 5.11 Å². The molecule has 1 saturated heterocycles. The first-order valence-corrected chi connectivity index (χ1v) is 8.87. The Morgan fingerprint density at radius 3 is 2.78 bits per heavy atom. The average molecular weight is 382 g/mol. The van der Waals surface area contributed by atoms with E-state index in [-0.39, 0.29) is 11.6 Å². The molecule has 2 aromatic rings. The van der Waals surface area contributed by atoms with Crippen molar-refractivity contribution in [1.82, 2.24) is 19.7 Å². The van der Waals surface area contributed by atoms with E-state index in [1.165, 1.54) is 22.0 Å². The molecule has 0 aromatic carbocycles. The van der Waals surface area contributed by atoms with E-state index < -0.39 is 18.7 Å². The molecule has 1 atom stereocenters. The maximum absolute atomic E-state index is 13.0. The number of hydrogen-bond acceptors (Lipinski definition) is 4. The summed E-state index contributed by atoms with van der Waals surface area (Å²) in [7, 11) is 0. The Morgan fingerprint density at radius 1 is 1.37 bits per heavy atom. The van der Waals surface area contributed by atoms with Gasteiger partial charge in [0.2, 0.25) is 0 Å². The number of nitrogens with zero attached hydrogens (tertiary/aromatic N) is 4. The number of pyridine rings is 1. The van der Waals surface area contributed by atoms with Crippen LogP contribution in [0.25, 0.3) is 5.82 Å². The number of hydrogen-bond donors (Lipinski definition) is 1. The monoisotopic (exact) mass is 382 g/mol. The zero-order valence-corrected chi connectivity index (χ0v) is 14.9. The summed E-state index contributed by atoms with van der Waals surface area (Å²) in [6, 6.07) is 1.43. The van der Waals surface area contributed by atoms with Crippen molar-refractivity contribution < 1.29 is 23.1 Å². The van der Waals surface area contributed by atoms with Crippen LogP contribution < -0.4 is 0 Å². The number of likely N-dealkylation sites (tertiary alicyclic amines) is 1. The van der Waals surface area contributed by atoms with Crippen LogP contribution in [0.2, 0.25) is 0 Å². The zero-order valence-electron chi connectivity index (χ0n) is 14.9. The minimum absolute atomic E-state index is 0.0284. The molecule has 27 heavy (non-hydrogen) atoms. The summed E-state index contributed by atoms with van der Waals surface area (Å²) >= 11 is 0. The largest absolute Gasteiger partial charge is 0.478 e. The van der Waals surface area contributed by atoms with E-state index >= 15 is 0 Å². The lowest BCUT2D eigenvalue weighted by Gasteiger charge is -2.37. The van der Waals surface area contributed by atoms with Crippen molar-refractivity contribution in [3.8, 4) is 5.82 Å². The van der Waals surface area contributed by atoms with Gasteiger partial charge in [0.25, 0.3) is 0 Å². The normalized spacial score (nSPS) is 18.6. The van der Waals surface area contributed by atoms with E-state index in [2.05, 4.69) is 10.1 Å². The molecule has 0 radical (unpaired) electrons. The molecule has 1 fully saturated rings. The topological polar surface area (TPSA) is 71.2 Å². The lowest BCUT2D eigenvalue weighted by Crippen LogP contribution is -2.40. The molecule has 6 nitrogen and oxygen atoms in total. The lowest BCUT2D eigenvalue weighted by molar-refractivity contribution is -0.153. The third-order valence-electron chi connectivity index (χ3n) is 4.82. The van der Waals surface area contributed by atoms with Gasteiger partial charge in [-0.1, -0.05) is 13.3 Å². The molecular weight excluding hydrogens is 361 g/mol. The van der Waals surface area contributed by atoms with Crippen LogP contribution in [0.1, 0.15) is 53.7 Å². The second-order valence-electron chi connectivity index (χ2n) is 6.63. The standard InChI is InChI=1S/C18H21F3N4O2/c1-2-13-14(15-5-3-4-8-24(15)11-18(19,20)21)6-7-22-16(13)25-10-12(9-23-25)17(26)27/h6-7,9-10,15H,2-5,8,11H2,1H3,(H,26,27). The summed E-state index contributed by atoms with van der Waals surface area (Å²) in [6.45, 7) is 1.36. The highest BCUT2D eigenvalue weighted by atomic mass is 19.4. The van der Waals surface area contributed by atoms with Crippen LogP contribution in [-0.2, 0) is 6.42 Å². The molecule has 3 heterocycles. The molecule has 1 unspecified atom stereocenters. The van der Waals surface area contributed by atoms with E-state index in [0.29, 0.717) is 25.2 Å². The van der Waals surface area contributed by atoms with Gasteiger partial charge in [0.15, 0.2) is 5.82 Å². The van der Waals surface area contributed by atoms with Crippen LogP contribution >= 0.6 is 0 Å². The van der Waals surface area contributed by atoms with E-state index in [0.717, 1.165) is 24.0 Å². The molecule has 0 amide bonds. The highest BCUT2D eigenvalue weighted by molar-refractivity contribution is 5.86. The number of alkyl halides is 3. The summed E-state index contributed by atoms with van der Waals surface area (Å²) in [5.41, 5.74) is 1.62. The number of carboxylic acid groups (broad SMARTS) is 1. The van der Waals surface area contributed by atoms with Gasteiger partial charge in [-0.25, -0.2) is 14.5 Å². The second kappa shape index (κ2) is 7.67. The Kier molecular flexibility index (Phi) is 5.50. The fraction of sp³-hybridized carbons (Fsp3) is 0.500. The molecule has 146 valence electrons. The van der Waals surface area contributed by atoms with E-state index in [9.17, 15) is 18.0 Å². The second-order valence-corrected chi connectivity index (χ2v) is 6.63. The van der Waals surface area contributed by atoms with Gasteiger partial charge >= 0.3 is 12.1 Å². The van der Waals surface area contributed by atoms with Gasteiger partial charge in [-0.3, -0.25) is 4.90 Å². The van der Waals surface area contributed by atoms with Crippen LogP contribution in [0.5, 0.6) is 0 Å². The van der Waals surface area contributed by atoms with Crippen molar-refractivity contribution in [3.05, 3.63) is 41.3 Å². The van der Waals surface area contributed by atoms with Crippen LogP contribution in [-0.4, -0.2) is 50.0 Å². The first-order valence-electron chi connectivity index (χ1n) is 8.87. The third kappa shape index (κ3) is 4.29. The van der Waals surface area contributed by atoms with E-state index in [1.807, 2.05) is 6.92 Å². The molecule has 2 aromatic heterocycles. The maximum atomic E-state index is 13.0. The van der Waals surface area contributed by atoms with E-state index in [1.54, 1.807) is 12.3 Å². The Balaban J connectivity index is 2.00. The van der Waals surface area contributed by atoms with Gasteiger partial charge < -0.3 is 5.11 Å². The molecule has 1 aliphatic heterocycles. The third-order valence-corrected chi connectivity index (χ3v) is 4.82. The molecule has 0 aliphatic carbocycles. The number of rotatable bonds is 5. The molecule has 0 bridgehead atoms. The van der Waals surface area contributed by atoms with Crippen molar-refractivity contribution in [2.75, 3.05) is 13.1 Å². The number of carbonyl (C=O) groups is 1. The van der Waals surface area contributed by atoms with Gasteiger partial charge in [0, 0.05) is 24.0 Å². The number of carboxylic acids is 1. The fourth-order valence-electron chi connectivity index (χ4n) is 3.68. The molecule has 9 heteroatoms. The average Bonchev–Trinajstić information content (AvgIpc) is 3.10. The van der Waals surface area contributed by atoms with Crippen molar-refractivity contribution in [3.63, 3.8) is 0 Å². The number of aromatic nitrogens is 3. The van der Waals surface area contributed by atoms with Crippen LogP contribution in [0.4, 0.5) is 13.2 Å². The Labute approximate surface area is 154 Å². The smallest absolute Gasteiger partial charge is 0.401 e. The minimum atomic E-state index is -4.25. The Bertz CT molecular complexity index is 819. The molecule has 0 saturated carbocycles. The highest BCUT2D eigenvalue weighted by Gasteiger charge is 2.36. The summed E-state index contributed by atoms with van der Waals surface area (Å²) in [4.78, 5) is 16.9. The molecule has 3 rings (SSSR count). The lowest BCUT2D eigenvalue weighted by atomic mass is 9.91. The summed E-state index contributed by atoms with van der Waals surface area (Å²) in [5, 5.41) is 13.1. The molecule has 1 N–H and O–H groups in total. The fourth-order valence-corrected chi connectivity index (χ4v) is 3.68. The zero-order chi connectivity index (χ0) is 19.6. The van der Waals surface area contributed by atoms with Crippen LogP contribution in [0, 0.1) is 0 Å². The predicted octanol–water partition coefficient (Wildman–Crippen LogP) is 3.62. The van der Waals surface area contributed by atoms with Gasteiger partial charge in [0.1, 0.15) is 0 Å². The van der Waals surface area contributed by atoms with Gasteiger partial charge in [0.05, 0.1) is 18.3 Å². The first kappa shape index (κ1) is 19.3. The van der Waals surface area contributed by atoms with Crippen LogP contribution in [0.3, 0.4) is 0 Å². The van der Waals surface area contributed by atoms with Crippen molar-refractivity contribution in [2.45, 2.75) is 44.8 Å². The maximum Gasteiger partial charge on any atom is 0.401 e. The van der Waals surface area contributed by atoms with Crippen molar-refractivity contribution >= 4 is 5.97 Å². The molecule has 1 aliphatic rings. The van der Waals surface area contributed by atoms with Gasteiger partial charge in [-0.15, -0.1) is 0 Å². The minimum Gasteiger partial charge on any atom is -0.478 e. The predicted molar refractivity (Wildman–Crippen MR) is 91.9 cm³/mol. The highest BCUT2D eigenvalue weighted by Crippen LogP contribution is 2.36. The summed E-state index contributed by atoms with van der Waals surface area (Å²) in [5.74, 6) is -0.640.